The lowest BCUT2D eigenvalue weighted by molar-refractivity contribution is -0.0705. The van der Waals surface area contributed by atoms with E-state index in [0.717, 1.165) is 25.6 Å². The summed E-state index contributed by atoms with van der Waals surface area (Å²) in [6, 6.07) is 8.47. The molecule has 2 aliphatic heterocycles. The van der Waals surface area contributed by atoms with E-state index in [0.29, 0.717) is 19.6 Å². The molecule has 0 bridgehead atoms. The predicted octanol–water partition coefficient (Wildman–Crippen LogP) is 2.50. The van der Waals surface area contributed by atoms with Crippen molar-refractivity contribution >= 4 is 39.8 Å². The highest BCUT2D eigenvalue weighted by atomic mass is 127. The quantitative estimate of drug-likeness (QED) is 0.344. The van der Waals surface area contributed by atoms with E-state index in [-0.39, 0.29) is 41.9 Å². The second-order valence-corrected chi connectivity index (χ2v) is 11.9. The van der Waals surface area contributed by atoms with Crippen molar-refractivity contribution in [3.63, 3.8) is 0 Å². The Bertz CT molecular complexity index is 865. The third kappa shape index (κ3) is 6.55. The molecule has 1 N–H and O–H groups in total. The zero-order chi connectivity index (χ0) is 21.9. The normalized spacial score (nSPS) is 26.2. The first-order valence-electron chi connectivity index (χ1n) is 10.7. The topological polar surface area (TPSA) is 74.2 Å². The molecule has 9 heteroatoms. The largest absolute Gasteiger partial charge is 0.373 e. The number of nitrogens with one attached hydrogen (secondary N) is 1. The molecule has 176 valence electrons. The first kappa shape index (κ1) is 26.3. The predicted molar refractivity (Wildman–Crippen MR) is 137 cm³/mol. The van der Waals surface area contributed by atoms with Crippen LogP contribution in [0.3, 0.4) is 0 Å². The molecule has 0 amide bonds. The summed E-state index contributed by atoms with van der Waals surface area (Å²) in [6.45, 7) is 12.2. The molecular weight excluding hydrogens is 527 g/mol. The molecule has 0 radical (unpaired) electrons. The Morgan fingerprint density at radius 2 is 1.81 bits per heavy atom. The van der Waals surface area contributed by atoms with Gasteiger partial charge >= 0.3 is 0 Å². The smallest absolute Gasteiger partial charge is 0.193 e. The summed E-state index contributed by atoms with van der Waals surface area (Å²) in [5, 5.41) is 3.45. The third-order valence-electron chi connectivity index (χ3n) is 6.00. The van der Waals surface area contributed by atoms with Crippen LogP contribution in [-0.4, -0.2) is 80.1 Å². The van der Waals surface area contributed by atoms with Gasteiger partial charge in [0.2, 0.25) is 0 Å². The fourth-order valence-electron chi connectivity index (χ4n) is 4.37. The lowest BCUT2D eigenvalue weighted by atomic mass is 10.1. The first-order valence-corrected chi connectivity index (χ1v) is 12.4. The zero-order valence-electron chi connectivity index (χ0n) is 19.3. The summed E-state index contributed by atoms with van der Waals surface area (Å²) in [6.07, 6.45) is 0.494. The molecule has 3 rings (SSSR count). The number of hydrogen-bond acceptors (Lipinski definition) is 5. The van der Waals surface area contributed by atoms with Crippen molar-refractivity contribution in [3.8, 4) is 0 Å². The van der Waals surface area contributed by atoms with Crippen LogP contribution in [-0.2, 0) is 27.7 Å². The molecule has 0 spiro atoms. The van der Waals surface area contributed by atoms with Gasteiger partial charge in [-0.1, -0.05) is 24.3 Å². The number of halogens is 1. The lowest BCUT2D eigenvalue weighted by Gasteiger charge is -2.39. The maximum absolute atomic E-state index is 12.3. The molecule has 0 aliphatic carbocycles. The number of guanidine groups is 1. The van der Waals surface area contributed by atoms with Crippen LogP contribution in [0.1, 0.15) is 38.8 Å². The van der Waals surface area contributed by atoms with E-state index in [1.807, 2.05) is 0 Å². The Labute approximate surface area is 204 Å². The SMILES string of the molecule is CN=C(NCc1ccccc1CN1CC(C)OC(C)C1)N1CCS(=O)(=O)C(C)(C)C1.I. The molecule has 0 aromatic heterocycles. The van der Waals surface area contributed by atoms with Gasteiger partial charge in [-0.2, -0.15) is 0 Å². The summed E-state index contributed by atoms with van der Waals surface area (Å²) in [5.41, 5.74) is 2.53. The lowest BCUT2D eigenvalue weighted by Crippen LogP contribution is -2.57. The van der Waals surface area contributed by atoms with Gasteiger partial charge < -0.3 is 15.0 Å². The number of benzene rings is 1. The van der Waals surface area contributed by atoms with Crippen LogP contribution < -0.4 is 5.32 Å². The number of hydrogen-bond donors (Lipinski definition) is 1. The second-order valence-electron chi connectivity index (χ2n) is 9.12. The summed E-state index contributed by atoms with van der Waals surface area (Å²) < 4.78 is 29.7. The van der Waals surface area contributed by atoms with Gasteiger partial charge in [-0.25, -0.2) is 8.42 Å². The highest BCUT2D eigenvalue weighted by molar-refractivity contribution is 14.0. The Morgan fingerprint density at radius 3 is 2.39 bits per heavy atom. The molecule has 1 aromatic rings. The molecular formula is C22H37IN4O3S. The molecule has 2 unspecified atom stereocenters. The van der Waals surface area contributed by atoms with E-state index in [9.17, 15) is 8.42 Å². The maximum Gasteiger partial charge on any atom is 0.193 e. The van der Waals surface area contributed by atoms with Gasteiger partial charge in [-0.3, -0.25) is 9.89 Å². The fourth-order valence-corrected chi connectivity index (χ4v) is 5.74. The van der Waals surface area contributed by atoms with Crippen molar-refractivity contribution in [2.75, 3.05) is 39.0 Å². The van der Waals surface area contributed by atoms with Gasteiger partial charge in [0.1, 0.15) is 0 Å². The van der Waals surface area contributed by atoms with Crippen LogP contribution in [0.5, 0.6) is 0 Å². The molecule has 2 aliphatic rings. The molecule has 31 heavy (non-hydrogen) atoms. The molecule has 2 fully saturated rings. The summed E-state index contributed by atoms with van der Waals surface area (Å²) in [7, 11) is -1.32. The Morgan fingerprint density at radius 1 is 1.19 bits per heavy atom. The van der Waals surface area contributed by atoms with Gasteiger partial charge in [0, 0.05) is 46.3 Å². The summed E-state index contributed by atoms with van der Waals surface area (Å²) in [4.78, 5) is 8.91. The zero-order valence-corrected chi connectivity index (χ0v) is 22.4. The van der Waals surface area contributed by atoms with Crippen molar-refractivity contribution in [1.29, 1.82) is 0 Å². The maximum atomic E-state index is 12.3. The number of aliphatic imine (C=N–C) groups is 1. The average Bonchev–Trinajstić information content (AvgIpc) is 2.65. The van der Waals surface area contributed by atoms with Crippen molar-refractivity contribution in [2.45, 2.75) is 57.7 Å². The Kier molecular flexibility index (Phi) is 9.18. The van der Waals surface area contributed by atoms with Gasteiger partial charge in [0.05, 0.1) is 22.7 Å². The number of morpholine rings is 1. The number of nitrogens with zero attached hydrogens (tertiary/aromatic N) is 3. The van der Waals surface area contributed by atoms with E-state index in [1.165, 1.54) is 11.1 Å². The van der Waals surface area contributed by atoms with Gasteiger partial charge in [-0.05, 0) is 38.8 Å². The first-order chi connectivity index (χ1) is 14.1. The minimum atomic E-state index is -3.08. The van der Waals surface area contributed by atoms with Gasteiger partial charge in [0.15, 0.2) is 15.8 Å². The summed E-state index contributed by atoms with van der Waals surface area (Å²) >= 11 is 0. The molecule has 2 saturated heterocycles. The molecule has 0 saturated carbocycles. The van der Waals surface area contributed by atoms with Crippen LogP contribution >= 0.6 is 24.0 Å². The van der Waals surface area contributed by atoms with Crippen LogP contribution in [0, 0.1) is 0 Å². The minimum Gasteiger partial charge on any atom is -0.373 e. The number of ether oxygens (including phenoxy) is 1. The van der Waals surface area contributed by atoms with Crippen LogP contribution in [0.2, 0.25) is 0 Å². The minimum absolute atomic E-state index is 0. The Balaban J connectivity index is 0.00000341. The molecule has 7 nitrogen and oxygen atoms in total. The van der Waals surface area contributed by atoms with Crippen LogP contribution in [0.15, 0.2) is 29.3 Å². The monoisotopic (exact) mass is 564 g/mol. The van der Waals surface area contributed by atoms with E-state index < -0.39 is 14.6 Å². The van der Waals surface area contributed by atoms with E-state index >= 15 is 0 Å². The van der Waals surface area contributed by atoms with Gasteiger partial charge in [-0.15, -0.1) is 24.0 Å². The van der Waals surface area contributed by atoms with Crippen LogP contribution in [0.25, 0.3) is 0 Å². The van der Waals surface area contributed by atoms with Crippen LogP contribution in [0.4, 0.5) is 0 Å². The standard InChI is InChI=1S/C22H36N4O3S.HI/c1-17-13-25(14-18(2)29-17)15-20-9-7-6-8-19(20)12-24-21(23-5)26-10-11-30(27,28)22(3,4)16-26;/h6-9,17-18H,10-16H2,1-5H3,(H,23,24);1H. The molecule has 2 heterocycles. The highest BCUT2D eigenvalue weighted by Crippen LogP contribution is 2.24. The van der Waals surface area contributed by atoms with Crippen molar-refractivity contribution in [2.24, 2.45) is 4.99 Å². The summed E-state index contributed by atoms with van der Waals surface area (Å²) in [5.74, 6) is 0.909. The van der Waals surface area contributed by atoms with Crippen molar-refractivity contribution in [1.82, 2.24) is 15.1 Å². The second kappa shape index (κ2) is 10.8. The Hall–Kier alpha value is -0.910. The molecule has 1 aromatic carbocycles. The van der Waals surface area contributed by atoms with E-state index in [2.05, 4.69) is 58.2 Å². The fraction of sp³-hybridized carbons (Fsp3) is 0.682. The number of rotatable bonds is 4. The van der Waals surface area contributed by atoms with Gasteiger partial charge in [0.25, 0.3) is 0 Å². The average molecular weight is 565 g/mol. The van der Waals surface area contributed by atoms with E-state index in [4.69, 9.17) is 4.74 Å². The third-order valence-corrected chi connectivity index (χ3v) is 8.53. The highest BCUT2D eigenvalue weighted by Gasteiger charge is 2.41. The number of sulfone groups is 1. The van der Waals surface area contributed by atoms with Crippen molar-refractivity contribution < 1.29 is 13.2 Å². The molecule has 2 atom stereocenters. The van der Waals surface area contributed by atoms with Crippen molar-refractivity contribution in [3.05, 3.63) is 35.4 Å². The van der Waals surface area contributed by atoms with E-state index in [1.54, 1.807) is 20.9 Å².